The van der Waals surface area contributed by atoms with Gasteiger partial charge in [0.25, 0.3) is 0 Å². The van der Waals surface area contributed by atoms with Crippen molar-refractivity contribution in [2.24, 2.45) is 5.92 Å². The molecule has 0 saturated carbocycles. The Labute approximate surface area is 130 Å². The Morgan fingerprint density at radius 3 is 2.52 bits per heavy atom. The number of nitrogens with one attached hydrogen (secondary N) is 1. The zero-order chi connectivity index (χ0) is 14.8. The molecule has 2 nitrogen and oxygen atoms in total. The molecule has 1 atom stereocenters. The molecule has 0 aliphatic heterocycles. The number of carbonyl (C=O) groups excluding carboxylic acids is 1. The average molecular weight is 300 g/mol. The quantitative estimate of drug-likeness (QED) is 0.896. The predicted octanol–water partition coefficient (Wildman–Crippen LogP) is 3.86. The number of amides is 1. The lowest BCUT2D eigenvalue weighted by atomic mass is 9.82. The first kappa shape index (κ1) is 14.2. The summed E-state index contributed by atoms with van der Waals surface area (Å²) in [5.41, 5.74) is 5.00. The van der Waals surface area contributed by atoms with E-state index in [-0.39, 0.29) is 11.8 Å². The van der Waals surface area contributed by atoms with E-state index in [1.54, 1.807) is 7.05 Å². The maximum atomic E-state index is 11.8. The molecule has 21 heavy (non-hydrogen) atoms. The summed E-state index contributed by atoms with van der Waals surface area (Å²) in [6, 6.07) is 14.4. The molecule has 0 bridgehead atoms. The molecule has 2 aromatic carbocycles. The van der Waals surface area contributed by atoms with Crippen molar-refractivity contribution in [3.8, 4) is 11.1 Å². The van der Waals surface area contributed by atoms with E-state index in [2.05, 4.69) is 23.5 Å². The van der Waals surface area contributed by atoms with E-state index in [9.17, 15) is 4.79 Å². The second-order valence-corrected chi connectivity index (χ2v) is 5.98. The number of hydrogen-bond acceptors (Lipinski definition) is 1. The molecule has 0 saturated heterocycles. The standard InChI is InChI=1S/C18H18ClNO/c1-20-18(21)15-5-3-13-2-4-14(10-16(13)11-15)12-6-8-17(19)9-7-12/h2,4,6-10,15H,3,5,11H2,1H3,(H,20,21). The third-order valence-electron chi connectivity index (χ3n) is 4.23. The molecule has 0 fully saturated rings. The van der Waals surface area contributed by atoms with Crippen molar-refractivity contribution < 1.29 is 4.79 Å². The van der Waals surface area contributed by atoms with Gasteiger partial charge in [0.05, 0.1) is 0 Å². The van der Waals surface area contributed by atoms with E-state index >= 15 is 0 Å². The van der Waals surface area contributed by atoms with Crippen molar-refractivity contribution >= 4 is 17.5 Å². The lowest BCUT2D eigenvalue weighted by Gasteiger charge is -2.24. The van der Waals surface area contributed by atoms with Crippen LogP contribution in [0, 0.1) is 5.92 Å². The molecule has 0 heterocycles. The fourth-order valence-electron chi connectivity index (χ4n) is 3.01. The number of benzene rings is 2. The van der Waals surface area contributed by atoms with E-state index in [0.717, 1.165) is 29.8 Å². The lowest BCUT2D eigenvalue weighted by molar-refractivity contribution is -0.124. The summed E-state index contributed by atoms with van der Waals surface area (Å²) in [5.74, 6) is 0.250. The van der Waals surface area contributed by atoms with Gasteiger partial charge >= 0.3 is 0 Å². The second-order valence-electron chi connectivity index (χ2n) is 5.54. The summed E-state index contributed by atoms with van der Waals surface area (Å²) in [7, 11) is 1.71. The summed E-state index contributed by atoms with van der Waals surface area (Å²) in [6.07, 6.45) is 2.75. The van der Waals surface area contributed by atoms with Crippen LogP contribution in [0.4, 0.5) is 0 Å². The average Bonchev–Trinajstić information content (AvgIpc) is 2.53. The normalized spacial score (nSPS) is 17.1. The predicted molar refractivity (Wildman–Crippen MR) is 86.5 cm³/mol. The zero-order valence-electron chi connectivity index (χ0n) is 12.0. The molecule has 1 aliphatic carbocycles. The third kappa shape index (κ3) is 2.96. The summed E-state index contributed by atoms with van der Waals surface area (Å²) < 4.78 is 0. The molecule has 0 radical (unpaired) electrons. The first-order chi connectivity index (χ1) is 10.2. The molecule has 0 aromatic heterocycles. The van der Waals surface area contributed by atoms with Gasteiger partial charge in [0.1, 0.15) is 0 Å². The number of rotatable bonds is 2. The monoisotopic (exact) mass is 299 g/mol. The summed E-state index contributed by atoms with van der Waals surface area (Å²) >= 11 is 5.94. The Morgan fingerprint density at radius 1 is 1.10 bits per heavy atom. The minimum absolute atomic E-state index is 0.1000. The highest BCUT2D eigenvalue weighted by molar-refractivity contribution is 6.30. The number of carbonyl (C=O) groups is 1. The number of aryl methyl sites for hydroxylation is 1. The Kier molecular flexibility index (Phi) is 3.98. The van der Waals surface area contributed by atoms with Gasteiger partial charge in [-0.15, -0.1) is 0 Å². The van der Waals surface area contributed by atoms with Crippen molar-refractivity contribution in [1.29, 1.82) is 0 Å². The molecule has 2 aromatic rings. The van der Waals surface area contributed by atoms with Crippen molar-refractivity contribution in [3.63, 3.8) is 0 Å². The molecule has 1 amide bonds. The topological polar surface area (TPSA) is 29.1 Å². The van der Waals surface area contributed by atoms with Crippen LogP contribution in [0.5, 0.6) is 0 Å². The first-order valence-corrected chi connectivity index (χ1v) is 7.64. The highest BCUT2D eigenvalue weighted by Gasteiger charge is 2.24. The maximum absolute atomic E-state index is 11.8. The molecule has 1 N–H and O–H groups in total. The highest BCUT2D eigenvalue weighted by atomic mass is 35.5. The largest absolute Gasteiger partial charge is 0.359 e. The van der Waals surface area contributed by atoms with Crippen LogP contribution in [-0.2, 0) is 17.6 Å². The minimum atomic E-state index is 0.1000. The van der Waals surface area contributed by atoms with Crippen molar-refractivity contribution in [1.82, 2.24) is 5.32 Å². The van der Waals surface area contributed by atoms with E-state index in [1.165, 1.54) is 16.7 Å². The molecule has 108 valence electrons. The Hall–Kier alpha value is -1.80. The Morgan fingerprint density at radius 2 is 1.81 bits per heavy atom. The first-order valence-electron chi connectivity index (χ1n) is 7.26. The van der Waals surface area contributed by atoms with Gasteiger partial charge in [-0.25, -0.2) is 0 Å². The SMILES string of the molecule is CNC(=O)C1CCc2ccc(-c3ccc(Cl)cc3)cc2C1. The van der Waals surface area contributed by atoms with Crippen LogP contribution in [0.15, 0.2) is 42.5 Å². The minimum Gasteiger partial charge on any atom is -0.359 e. The van der Waals surface area contributed by atoms with E-state index in [0.29, 0.717) is 0 Å². The van der Waals surface area contributed by atoms with Gasteiger partial charge in [0.15, 0.2) is 0 Å². The summed E-state index contributed by atoms with van der Waals surface area (Å²) in [5, 5.41) is 3.51. The van der Waals surface area contributed by atoms with Crippen LogP contribution >= 0.6 is 11.6 Å². The summed E-state index contributed by atoms with van der Waals surface area (Å²) in [4.78, 5) is 11.8. The van der Waals surface area contributed by atoms with Crippen LogP contribution in [0.25, 0.3) is 11.1 Å². The van der Waals surface area contributed by atoms with Gasteiger partial charge in [-0.1, -0.05) is 41.9 Å². The van der Waals surface area contributed by atoms with Crippen LogP contribution in [0.3, 0.4) is 0 Å². The molecule has 3 heteroatoms. The van der Waals surface area contributed by atoms with E-state index in [4.69, 9.17) is 11.6 Å². The van der Waals surface area contributed by atoms with Crippen LogP contribution in [-0.4, -0.2) is 13.0 Å². The highest BCUT2D eigenvalue weighted by Crippen LogP contribution is 2.30. The molecule has 3 rings (SSSR count). The van der Waals surface area contributed by atoms with Gasteiger partial charge in [-0.05, 0) is 53.6 Å². The van der Waals surface area contributed by atoms with E-state index < -0.39 is 0 Å². The van der Waals surface area contributed by atoms with Crippen LogP contribution in [0.1, 0.15) is 17.5 Å². The fourth-order valence-corrected chi connectivity index (χ4v) is 3.13. The molecule has 1 aliphatic rings. The number of hydrogen-bond donors (Lipinski definition) is 1. The van der Waals surface area contributed by atoms with Gasteiger partial charge in [0, 0.05) is 18.0 Å². The molecule has 0 spiro atoms. The smallest absolute Gasteiger partial charge is 0.223 e. The lowest BCUT2D eigenvalue weighted by Crippen LogP contribution is -2.31. The Bertz CT molecular complexity index is 663. The molecule has 1 unspecified atom stereocenters. The third-order valence-corrected chi connectivity index (χ3v) is 4.48. The van der Waals surface area contributed by atoms with Crippen molar-refractivity contribution in [2.75, 3.05) is 7.05 Å². The van der Waals surface area contributed by atoms with Gasteiger partial charge < -0.3 is 5.32 Å². The van der Waals surface area contributed by atoms with Gasteiger partial charge in [-0.2, -0.15) is 0 Å². The second kappa shape index (κ2) is 5.90. The zero-order valence-corrected chi connectivity index (χ0v) is 12.8. The van der Waals surface area contributed by atoms with Crippen molar-refractivity contribution in [2.45, 2.75) is 19.3 Å². The van der Waals surface area contributed by atoms with Crippen LogP contribution in [0.2, 0.25) is 5.02 Å². The van der Waals surface area contributed by atoms with Crippen molar-refractivity contribution in [3.05, 3.63) is 58.6 Å². The molecular formula is C18H18ClNO. The maximum Gasteiger partial charge on any atom is 0.223 e. The number of halogens is 1. The van der Waals surface area contributed by atoms with Crippen LogP contribution < -0.4 is 5.32 Å². The Balaban J connectivity index is 1.90. The van der Waals surface area contributed by atoms with E-state index in [1.807, 2.05) is 24.3 Å². The summed E-state index contributed by atoms with van der Waals surface area (Å²) in [6.45, 7) is 0. The molecular weight excluding hydrogens is 282 g/mol. The van der Waals surface area contributed by atoms with Gasteiger partial charge in [-0.3, -0.25) is 4.79 Å². The number of fused-ring (bicyclic) bond motifs is 1. The fraction of sp³-hybridized carbons (Fsp3) is 0.278. The van der Waals surface area contributed by atoms with Gasteiger partial charge in [0.2, 0.25) is 5.91 Å².